The number of carbonyl (C=O) groups excluding carboxylic acids is 2. The fourth-order valence-corrected chi connectivity index (χ4v) is 11.3. The van der Waals surface area contributed by atoms with Gasteiger partial charge in [0.2, 0.25) is 0 Å². The van der Waals surface area contributed by atoms with E-state index < -0.39 is 26.5 Å². The molecule has 0 amide bonds. The Kier molecular flexibility index (Phi) is 60.9. The molecule has 2 unspecified atom stereocenters. The van der Waals surface area contributed by atoms with E-state index in [1.807, 2.05) is 21.1 Å². The molecule has 0 bridgehead atoms. The first kappa shape index (κ1) is 78.5. The van der Waals surface area contributed by atoms with Crippen LogP contribution < -0.4 is 4.89 Å². The first-order valence-corrected chi connectivity index (χ1v) is 36.5. The van der Waals surface area contributed by atoms with E-state index in [9.17, 15) is 19.0 Å². The van der Waals surface area contributed by atoms with Crippen LogP contribution in [0.3, 0.4) is 0 Å². The molecule has 0 aliphatic carbocycles. The quantitative estimate of drug-likeness (QED) is 0.0195. The number of ether oxygens (including phenoxy) is 2. The molecular weight excluding hydrogens is 1010 g/mol. The van der Waals surface area contributed by atoms with E-state index in [0.717, 1.165) is 38.5 Å². The molecule has 0 radical (unpaired) electrons. The van der Waals surface area contributed by atoms with Crippen LogP contribution in [-0.2, 0) is 32.7 Å². The van der Waals surface area contributed by atoms with Gasteiger partial charge in [0.25, 0.3) is 7.82 Å². The minimum atomic E-state index is -4.64. The average Bonchev–Trinajstić information content (AvgIpc) is 3.42. The number of esters is 2. The van der Waals surface area contributed by atoms with E-state index in [2.05, 4.69) is 38.2 Å². The summed E-state index contributed by atoms with van der Waals surface area (Å²) in [5, 5.41) is 0. The number of unbranched alkanes of at least 4 members (excludes halogenated alkanes) is 48. The van der Waals surface area contributed by atoms with Crippen molar-refractivity contribution in [2.24, 2.45) is 0 Å². The largest absolute Gasteiger partial charge is 0.756 e. The standard InChI is InChI=1S/C70H136NO8P/c1-6-8-10-12-14-16-18-20-22-24-26-28-30-31-32-33-34-35-36-37-38-39-41-43-45-47-49-51-53-55-57-59-61-63-70(73)79-68(67-78-80(74,75)77-65-64-71(3,4)5)66-76-69(72)62-60-58-56-54-52-50-48-46-44-42-40-29-27-25-23-21-19-17-15-13-11-9-7-2/h18,20,24,26,68H,6-17,19,21-23,25,27-67H2,1-5H3/b20-18-,26-24-. The van der Waals surface area contributed by atoms with Gasteiger partial charge in [0.15, 0.2) is 6.10 Å². The molecule has 0 saturated heterocycles. The number of phosphoric acid groups is 1. The highest BCUT2D eigenvalue weighted by Gasteiger charge is 2.22. The van der Waals surface area contributed by atoms with Crippen molar-refractivity contribution >= 4 is 19.8 Å². The molecule has 2 atom stereocenters. The molecule has 0 aromatic heterocycles. The summed E-state index contributed by atoms with van der Waals surface area (Å²) in [6, 6.07) is 0. The van der Waals surface area contributed by atoms with Crippen LogP contribution in [0.25, 0.3) is 0 Å². The van der Waals surface area contributed by atoms with Gasteiger partial charge in [-0.1, -0.05) is 327 Å². The van der Waals surface area contributed by atoms with E-state index in [1.54, 1.807) is 0 Å². The number of carbonyl (C=O) groups is 2. The fourth-order valence-electron chi connectivity index (χ4n) is 10.6. The lowest BCUT2D eigenvalue weighted by atomic mass is 10.0. The molecule has 0 saturated carbocycles. The summed E-state index contributed by atoms with van der Waals surface area (Å²) in [5.74, 6) is -0.808. The lowest BCUT2D eigenvalue weighted by Gasteiger charge is -2.28. The molecule has 0 N–H and O–H groups in total. The fraction of sp³-hybridized carbons (Fsp3) is 0.914. The maximum atomic E-state index is 12.9. The third-order valence-electron chi connectivity index (χ3n) is 16.0. The van der Waals surface area contributed by atoms with Crippen LogP contribution in [0, 0.1) is 0 Å². The Morgan fingerprint density at radius 3 is 0.988 bits per heavy atom. The molecule has 0 heterocycles. The average molecular weight is 1150 g/mol. The second-order valence-electron chi connectivity index (χ2n) is 25.3. The monoisotopic (exact) mass is 1150 g/mol. The second kappa shape index (κ2) is 62.0. The predicted molar refractivity (Wildman–Crippen MR) is 342 cm³/mol. The zero-order valence-electron chi connectivity index (χ0n) is 54.1. The summed E-state index contributed by atoms with van der Waals surface area (Å²) in [4.78, 5) is 38.0. The van der Waals surface area contributed by atoms with Gasteiger partial charge in [-0.05, 0) is 44.9 Å². The molecule has 9 nitrogen and oxygen atoms in total. The number of allylic oxidation sites excluding steroid dienone is 4. The van der Waals surface area contributed by atoms with Crippen LogP contribution in [0.1, 0.15) is 361 Å². The van der Waals surface area contributed by atoms with Crippen molar-refractivity contribution in [3.8, 4) is 0 Å². The summed E-state index contributed by atoms with van der Waals surface area (Å²) in [5.41, 5.74) is 0. The number of hydrogen-bond acceptors (Lipinski definition) is 8. The molecule has 0 aromatic rings. The lowest BCUT2D eigenvalue weighted by Crippen LogP contribution is -2.37. The van der Waals surface area contributed by atoms with E-state index in [-0.39, 0.29) is 32.0 Å². The Morgan fingerprint density at radius 1 is 0.388 bits per heavy atom. The molecule has 0 aromatic carbocycles. The van der Waals surface area contributed by atoms with Crippen molar-refractivity contribution in [1.82, 2.24) is 0 Å². The van der Waals surface area contributed by atoms with Crippen molar-refractivity contribution < 1.29 is 42.1 Å². The van der Waals surface area contributed by atoms with Crippen molar-refractivity contribution in [2.75, 3.05) is 47.5 Å². The molecule has 0 spiro atoms. The van der Waals surface area contributed by atoms with Gasteiger partial charge in [-0.15, -0.1) is 0 Å². The highest BCUT2D eigenvalue weighted by Crippen LogP contribution is 2.38. The highest BCUT2D eigenvalue weighted by atomic mass is 31.2. The SMILES string of the molecule is CCCCCCC/C=C\C/C=C\CCCCCCCCCCCCCCCCCCCCCCCC(=O)OC(COC(=O)CCCCCCCCCCCCCCCCCCCCCCCCC)COP(=O)([O-])OCC[N+](C)(C)C. The Morgan fingerprint density at radius 2 is 0.675 bits per heavy atom. The molecular formula is C70H136NO8P. The van der Waals surface area contributed by atoms with Gasteiger partial charge in [0.05, 0.1) is 27.7 Å². The maximum Gasteiger partial charge on any atom is 0.306 e. The summed E-state index contributed by atoms with van der Waals surface area (Å²) in [7, 11) is 1.19. The molecule has 80 heavy (non-hydrogen) atoms. The van der Waals surface area contributed by atoms with Crippen molar-refractivity contribution in [3.63, 3.8) is 0 Å². The van der Waals surface area contributed by atoms with Gasteiger partial charge in [-0.2, -0.15) is 0 Å². The molecule has 0 fully saturated rings. The van der Waals surface area contributed by atoms with Crippen LogP contribution in [-0.4, -0.2) is 70.0 Å². The summed E-state index contributed by atoms with van der Waals surface area (Å²) in [6.45, 7) is 4.31. The summed E-state index contributed by atoms with van der Waals surface area (Å²) >= 11 is 0. The van der Waals surface area contributed by atoms with Crippen molar-refractivity contribution in [2.45, 2.75) is 367 Å². The summed E-state index contributed by atoms with van der Waals surface area (Å²) < 4.78 is 34.3. The van der Waals surface area contributed by atoms with Crippen molar-refractivity contribution in [1.29, 1.82) is 0 Å². The van der Waals surface area contributed by atoms with Gasteiger partial charge in [-0.25, -0.2) is 0 Å². The topological polar surface area (TPSA) is 111 Å². The Balaban J connectivity index is 3.97. The number of quaternary nitrogens is 1. The van der Waals surface area contributed by atoms with Gasteiger partial charge in [-0.3, -0.25) is 14.2 Å². The number of phosphoric ester groups is 1. The van der Waals surface area contributed by atoms with E-state index in [0.29, 0.717) is 17.4 Å². The third kappa shape index (κ3) is 65.6. The Bertz CT molecular complexity index is 1400. The second-order valence-corrected chi connectivity index (χ2v) is 26.7. The zero-order chi connectivity index (χ0) is 58.4. The van der Waals surface area contributed by atoms with Crippen LogP contribution in [0.4, 0.5) is 0 Å². The van der Waals surface area contributed by atoms with E-state index in [1.165, 1.54) is 289 Å². The normalized spacial score (nSPS) is 13.2. The van der Waals surface area contributed by atoms with Crippen LogP contribution in [0.15, 0.2) is 24.3 Å². The number of likely N-dealkylation sites (N-methyl/N-ethyl adjacent to an activating group) is 1. The lowest BCUT2D eigenvalue weighted by molar-refractivity contribution is -0.870. The van der Waals surface area contributed by atoms with Crippen molar-refractivity contribution in [3.05, 3.63) is 24.3 Å². The molecule has 0 rings (SSSR count). The van der Waals surface area contributed by atoms with E-state index >= 15 is 0 Å². The summed E-state index contributed by atoms with van der Waals surface area (Å²) in [6.07, 6.45) is 76.9. The first-order valence-electron chi connectivity index (χ1n) is 35.0. The van der Waals surface area contributed by atoms with Gasteiger partial charge < -0.3 is 27.9 Å². The molecule has 474 valence electrons. The zero-order valence-corrected chi connectivity index (χ0v) is 55.0. The molecule has 0 aliphatic rings. The third-order valence-corrected chi connectivity index (χ3v) is 16.9. The van der Waals surface area contributed by atoms with Gasteiger partial charge in [0.1, 0.15) is 19.8 Å². The Hall–Kier alpha value is -1.51. The van der Waals surface area contributed by atoms with Gasteiger partial charge in [0, 0.05) is 12.8 Å². The number of hydrogen-bond donors (Lipinski definition) is 0. The van der Waals surface area contributed by atoms with E-state index in [4.69, 9.17) is 18.5 Å². The van der Waals surface area contributed by atoms with Crippen LogP contribution >= 0.6 is 7.82 Å². The minimum Gasteiger partial charge on any atom is -0.756 e. The number of nitrogens with zero attached hydrogens (tertiary/aromatic N) is 1. The smallest absolute Gasteiger partial charge is 0.306 e. The maximum absolute atomic E-state index is 12.9. The molecule has 0 aliphatic heterocycles. The highest BCUT2D eigenvalue weighted by molar-refractivity contribution is 7.45. The van der Waals surface area contributed by atoms with Crippen LogP contribution in [0.2, 0.25) is 0 Å². The van der Waals surface area contributed by atoms with Gasteiger partial charge >= 0.3 is 11.9 Å². The number of rotatable bonds is 66. The molecule has 10 heteroatoms. The predicted octanol–water partition coefficient (Wildman–Crippen LogP) is 21.9. The Labute approximate surface area is 498 Å². The van der Waals surface area contributed by atoms with Crippen LogP contribution in [0.5, 0.6) is 0 Å². The minimum absolute atomic E-state index is 0.0265. The first-order chi connectivity index (χ1) is 39.0.